The summed E-state index contributed by atoms with van der Waals surface area (Å²) in [5, 5.41) is 0. The van der Waals surface area contributed by atoms with Gasteiger partial charge in [0.2, 0.25) is 0 Å². The van der Waals surface area contributed by atoms with Crippen molar-refractivity contribution in [3.8, 4) is 0 Å². The zero-order chi connectivity index (χ0) is 20.3. The lowest BCUT2D eigenvalue weighted by atomic mass is 9.85. The lowest BCUT2D eigenvalue weighted by Gasteiger charge is -2.44. The van der Waals surface area contributed by atoms with E-state index in [-0.39, 0.29) is 18.5 Å². The van der Waals surface area contributed by atoms with Gasteiger partial charge in [-0.3, -0.25) is 19.6 Å². The smallest absolute Gasteiger partial charge is 0.328 e. The molecule has 3 amide bonds. The van der Waals surface area contributed by atoms with Crippen LogP contribution in [0.15, 0.2) is 24.4 Å². The summed E-state index contributed by atoms with van der Waals surface area (Å²) < 4.78 is 5.19. The Morgan fingerprint density at radius 3 is 2.76 bits per heavy atom. The first-order valence-corrected chi connectivity index (χ1v) is 11.7. The molecule has 8 heteroatoms. The largest absolute Gasteiger partial charge is 0.385 e. The van der Waals surface area contributed by atoms with Gasteiger partial charge in [-0.05, 0) is 43.6 Å². The van der Waals surface area contributed by atoms with Crippen LogP contribution in [-0.4, -0.2) is 88.1 Å². The molecule has 1 aromatic rings. The maximum absolute atomic E-state index is 13.5. The number of likely N-dealkylation sites (tertiary alicyclic amines) is 1. The molecule has 0 aliphatic carbocycles. The molecule has 158 valence electrons. The third kappa shape index (κ3) is 4.02. The van der Waals surface area contributed by atoms with E-state index in [2.05, 4.69) is 9.88 Å². The maximum atomic E-state index is 13.5. The fourth-order valence-electron chi connectivity index (χ4n) is 4.80. The highest BCUT2D eigenvalue weighted by Crippen LogP contribution is 2.39. The summed E-state index contributed by atoms with van der Waals surface area (Å²) in [5.74, 6) is 2.36. The average molecular weight is 419 g/mol. The summed E-state index contributed by atoms with van der Waals surface area (Å²) >= 11 is 2.01. The molecule has 1 atom stereocenters. The van der Waals surface area contributed by atoms with Gasteiger partial charge in [0.15, 0.2) is 0 Å². The Kier molecular flexibility index (Phi) is 6.41. The number of imide groups is 1. The summed E-state index contributed by atoms with van der Waals surface area (Å²) in [6, 6.07) is 6.03. The lowest BCUT2D eigenvalue weighted by molar-refractivity contribution is -0.136. The number of aromatic nitrogens is 1. The standard InChI is InChI=1S/C21H30N4O3S/c1-28-13-4-10-25-20(27)24(15-17-5-2-3-9-22-17)19(26)21(25)7-11-23(12-8-21)18-6-14-29-16-18/h2-3,5,9,18H,4,6-8,10-16H2,1H3. The maximum Gasteiger partial charge on any atom is 0.328 e. The number of nitrogens with zero attached hydrogens (tertiary/aromatic N) is 4. The fourth-order valence-corrected chi connectivity index (χ4v) is 6.06. The van der Waals surface area contributed by atoms with Crippen LogP contribution in [0.25, 0.3) is 0 Å². The van der Waals surface area contributed by atoms with E-state index in [0.29, 0.717) is 32.0 Å². The highest BCUT2D eigenvalue weighted by molar-refractivity contribution is 7.99. The molecule has 1 unspecified atom stereocenters. The monoisotopic (exact) mass is 418 g/mol. The average Bonchev–Trinajstić information content (AvgIpc) is 3.35. The van der Waals surface area contributed by atoms with Gasteiger partial charge in [-0.2, -0.15) is 11.8 Å². The fraction of sp³-hybridized carbons (Fsp3) is 0.667. The first-order chi connectivity index (χ1) is 14.2. The van der Waals surface area contributed by atoms with Crippen LogP contribution in [0.3, 0.4) is 0 Å². The number of hydrogen-bond acceptors (Lipinski definition) is 6. The molecule has 3 aliphatic heterocycles. The summed E-state index contributed by atoms with van der Waals surface area (Å²) in [5.41, 5.74) is 0.0329. The van der Waals surface area contributed by atoms with Crippen LogP contribution in [0.5, 0.6) is 0 Å². The minimum absolute atomic E-state index is 0.0500. The van der Waals surface area contributed by atoms with Crippen LogP contribution in [0, 0.1) is 0 Å². The van der Waals surface area contributed by atoms with Crippen molar-refractivity contribution in [3.05, 3.63) is 30.1 Å². The van der Waals surface area contributed by atoms with Crippen LogP contribution in [0.1, 0.15) is 31.4 Å². The number of urea groups is 1. The van der Waals surface area contributed by atoms with Gasteiger partial charge in [-0.25, -0.2) is 4.79 Å². The highest BCUT2D eigenvalue weighted by Gasteiger charge is 2.57. The zero-order valence-electron chi connectivity index (χ0n) is 17.1. The number of rotatable bonds is 7. The van der Waals surface area contributed by atoms with E-state index in [0.717, 1.165) is 25.2 Å². The van der Waals surface area contributed by atoms with Crippen molar-refractivity contribution in [2.24, 2.45) is 0 Å². The number of pyridine rings is 1. The first kappa shape index (κ1) is 20.6. The number of piperidine rings is 1. The predicted molar refractivity (Wildman–Crippen MR) is 113 cm³/mol. The second kappa shape index (κ2) is 9.02. The van der Waals surface area contributed by atoms with Crippen molar-refractivity contribution in [2.45, 2.75) is 43.8 Å². The first-order valence-electron chi connectivity index (χ1n) is 10.5. The van der Waals surface area contributed by atoms with Crippen molar-refractivity contribution in [1.29, 1.82) is 0 Å². The van der Waals surface area contributed by atoms with E-state index in [1.807, 2.05) is 34.9 Å². The van der Waals surface area contributed by atoms with Crippen LogP contribution >= 0.6 is 11.8 Å². The molecule has 7 nitrogen and oxygen atoms in total. The SMILES string of the molecule is COCCCN1C(=O)N(Cc2ccccn2)C(=O)C12CCN(C1CCSC1)CC2. The molecule has 0 saturated carbocycles. The quantitative estimate of drug-likeness (QED) is 0.500. The van der Waals surface area contributed by atoms with Crippen LogP contribution < -0.4 is 0 Å². The van der Waals surface area contributed by atoms with Gasteiger partial charge in [0, 0.05) is 51.3 Å². The molecule has 4 heterocycles. The summed E-state index contributed by atoms with van der Waals surface area (Å²) in [7, 11) is 1.66. The van der Waals surface area contributed by atoms with E-state index in [9.17, 15) is 9.59 Å². The molecule has 3 aliphatic rings. The van der Waals surface area contributed by atoms with Gasteiger partial charge >= 0.3 is 6.03 Å². The summed E-state index contributed by atoms with van der Waals surface area (Å²) in [6.07, 6.45) is 5.09. The van der Waals surface area contributed by atoms with Crippen molar-refractivity contribution >= 4 is 23.7 Å². The number of carbonyl (C=O) groups is 2. The highest BCUT2D eigenvalue weighted by atomic mass is 32.2. The number of thioether (sulfide) groups is 1. The molecular formula is C21H30N4O3S. The number of ether oxygens (including phenoxy) is 1. The molecule has 3 saturated heterocycles. The normalized spacial score (nSPS) is 24.8. The Morgan fingerprint density at radius 2 is 2.10 bits per heavy atom. The summed E-state index contributed by atoms with van der Waals surface area (Å²) in [4.78, 5) is 36.9. The molecule has 1 aromatic heterocycles. The third-order valence-electron chi connectivity index (χ3n) is 6.45. The Bertz CT molecular complexity index is 718. The van der Waals surface area contributed by atoms with E-state index in [1.165, 1.54) is 22.8 Å². The Labute approximate surface area is 176 Å². The Morgan fingerprint density at radius 1 is 1.28 bits per heavy atom. The van der Waals surface area contributed by atoms with Crippen molar-refractivity contribution in [3.63, 3.8) is 0 Å². The Balaban J connectivity index is 1.52. The molecule has 0 N–H and O–H groups in total. The second-order valence-electron chi connectivity index (χ2n) is 8.08. The molecule has 0 aromatic carbocycles. The van der Waals surface area contributed by atoms with Gasteiger partial charge in [-0.1, -0.05) is 6.07 Å². The Hall–Kier alpha value is -1.64. The van der Waals surface area contributed by atoms with Gasteiger partial charge in [0.05, 0.1) is 12.2 Å². The number of amides is 3. The molecule has 0 radical (unpaired) electrons. The second-order valence-corrected chi connectivity index (χ2v) is 9.23. The van der Waals surface area contributed by atoms with Crippen molar-refractivity contribution in [2.75, 3.05) is 44.9 Å². The molecule has 4 rings (SSSR count). The molecule has 1 spiro atoms. The number of methoxy groups -OCH3 is 1. The van der Waals surface area contributed by atoms with Crippen LogP contribution in [0.4, 0.5) is 4.79 Å². The minimum Gasteiger partial charge on any atom is -0.385 e. The van der Waals surface area contributed by atoms with Gasteiger partial charge in [0.1, 0.15) is 5.54 Å². The number of carbonyl (C=O) groups excluding carboxylic acids is 2. The van der Waals surface area contributed by atoms with Crippen LogP contribution in [-0.2, 0) is 16.1 Å². The molecule has 0 bridgehead atoms. The lowest BCUT2D eigenvalue weighted by Crippen LogP contribution is -2.58. The van der Waals surface area contributed by atoms with Gasteiger partial charge < -0.3 is 9.64 Å². The van der Waals surface area contributed by atoms with Crippen LogP contribution in [0.2, 0.25) is 0 Å². The van der Waals surface area contributed by atoms with Gasteiger partial charge in [0.25, 0.3) is 5.91 Å². The van der Waals surface area contributed by atoms with Crippen molar-refractivity contribution < 1.29 is 14.3 Å². The predicted octanol–water partition coefficient (Wildman–Crippen LogP) is 2.22. The van der Waals surface area contributed by atoms with Gasteiger partial charge in [-0.15, -0.1) is 0 Å². The molecule has 29 heavy (non-hydrogen) atoms. The topological polar surface area (TPSA) is 66.0 Å². The number of hydrogen-bond donors (Lipinski definition) is 0. The van der Waals surface area contributed by atoms with E-state index >= 15 is 0 Å². The molecular weight excluding hydrogens is 388 g/mol. The van der Waals surface area contributed by atoms with Crippen molar-refractivity contribution in [1.82, 2.24) is 19.7 Å². The third-order valence-corrected chi connectivity index (χ3v) is 7.59. The van der Waals surface area contributed by atoms with E-state index in [4.69, 9.17) is 4.74 Å². The van der Waals surface area contributed by atoms with E-state index < -0.39 is 5.54 Å². The zero-order valence-corrected chi connectivity index (χ0v) is 17.9. The summed E-state index contributed by atoms with van der Waals surface area (Å²) in [6.45, 7) is 3.13. The minimum atomic E-state index is -0.706. The molecule has 3 fully saturated rings. The van der Waals surface area contributed by atoms with E-state index in [1.54, 1.807) is 13.3 Å².